The summed E-state index contributed by atoms with van der Waals surface area (Å²) in [7, 11) is 1.72. The Balaban J connectivity index is 1.70. The van der Waals surface area contributed by atoms with Crippen molar-refractivity contribution in [3.8, 4) is 11.5 Å². The summed E-state index contributed by atoms with van der Waals surface area (Å²) in [4.78, 5) is 24.3. The molecule has 2 aromatic rings. The van der Waals surface area contributed by atoms with Gasteiger partial charge >= 0.3 is 5.97 Å². The highest BCUT2D eigenvalue weighted by Gasteiger charge is 2.09. The number of carbonyl (C=O) groups excluding carboxylic acids is 1. The Morgan fingerprint density at radius 2 is 1.59 bits per heavy atom. The SMILES string of the molecule is CN(Cc1ccc(OCC(=O)O)cc1)C(=O)CCCOc1ccc(F)cc1. The smallest absolute Gasteiger partial charge is 0.341 e. The Hall–Kier alpha value is -3.09. The molecule has 0 aromatic heterocycles. The molecule has 0 heterocycles. The highest BCUT2D eigenvalue weighted by Crippen LogP contribution is 2.14. The lowest BCUT2D eigenvalue weighted by Gasteiger charge is -2.17. The third-order valence-electron chi connectivity index (χ3n) is 3.75. The molecular formula is C20H22FNO5. The molecule has 1 amide bonds. The Morgan fingerprint density at radius 1 is 1.00 bits per heavy atom. The molecule has 0 spiro atoms. The molecule has 0 saturated carbocycles. The number of carboxylic acids is 1. The first-order valence-corrected chi connectivity index (χ1v) is 8.50. The minimum atomic E-state index is -1.03. The van der Waals surface area contributed by atoms with Crippen molar-refractivity contribution in [1.29, 1.82) is 0 Å². The van der Waals surface area contributed by atoms with Crippen molar-refractivity contribution in [1.82, 2.24) is 4.90 Å². The third kappa shape index (κ3) is 7.35. The van der Waals surface area contributed by atoms with Gasteiger partial charge in [0.15, 0.2) is 6.61 Å². The summed E-state index contributed by atoms with van der Waals surface area (Å²) in [5.74, 6) is -0.326. The number of aliphatic carboxylic acids is 1. The lowest BCUT2D eigenvalue weighted by Crippen LogP contribution is -2.26. The number of halogens is 1. The maximum Gasteiger partial charge on any atom is 0.341 e. The summed E-state index contributed by atoms with van der Waals surface area (Å²) in [6.45, 7) is 0.426. The largest absolute Gasteiger partial charge is 0.494 e. The number of carbonyl (C=O) groups is 2. The van der Waals surface area contributed by atoms with Gasteiger partial charge in [-0.25, -0.2) is 9.18 Å². The molecule has 2 aromatic carbocycles. The molecule has 0 bridgehead atoms. The van der Waals surface area contributed by atoms with Gasteiger partial charge in [-0.1, -0.05) is 12.1 Å². The maximum atomic E-state index is 12.8. The highest BCUT2D eigenvalue weighted by atomic mass is 19.1. The van der Waals surface area contributed by atoms with Crippen LogP contribution in [0.1, 0.15) is 18.4 Å². The van der Waals surface area contributed by atoms with E-state index in [0.717, 1.165) is 5.56 Å². The van der Waals surface area contributed by atoms with Crippen molar-refractivity contribution < 1.29 is 28.6 Å². The molecule has 0 aliphatic rings. The van der Waals surface area contributed by atoms with Gasteiger partial charge in [0.1, 0.15) is 17.3 Å². The first kappa shape index (κ1) is 20.2. The standard InChI is InChI=1S/C20H22FNO5/c1-22(13-15-4-8-18(9-5-15)27-14-20(24)25)19(23)3-2-12-26-17-10-6-16(21)7-11-17/h4-11H,2-3,12-14H2,1H3,(H,24,25). The Kier molecular flexibility index (Phi) is 7.61. The number of nitrogens with zero attached hydrogens (tertiary/aromatic N) is 1. The van der Waals surface area contributed by atoms with Crippen LogP contribution in [0.5, 0.6) is 11.5 Å². The molecule has 0 aliphatic heterocycles. The first-order chi connectivity index (χ1) is 12.9. The average Bonchev–Trinajstić information content (AvgIpc) is 2.65. The number of hydrogen-bond donors (Lipinski definition) is 1. The van der Waals surface area contributed by atoms with Crippen molar-refractivity contribution in [2.75, 3.05) is 20.3 Å². The molecule has 27 heavy (non-hydrogen) atoms. The molecule has 1 N–H and O–H groups in total. The van der Waals surface area contributed by atoms with Crippen molar-refractivity contribution in [3.63, 3.8) is 0 Å². The highest BCUT2D eigenvalue weighted by molar-refractivity contribution is 5.75. The number of benzene rings is 2. The lowest BCUT2D eigenvalue weighted by molar-refractivity contribution is -0.139. The monoisotopic (exact) mass is 375 g/mol. The normalized spacial score (nSPS) is 10.3. The van der Waals surface area contributed by atoms with Gasteiger partial charge in [0.05, 0.1) is 6.61 Å². The number of carboxylic acid groups (broad SMARTS) is 1. The van der Waals surface area contributed by atoms with E-state index >= 15 is 0 Å². The fourth-order valence-electron chi connectivity index (χ4n) is 2.33. The molecule has 0 fully saturated rings. The Labute approximate surface area is 157 Å². The summed E-state index contributed by atoms with van der Waals surface area (Å²) < 4.78 is 23.3. The van der Waals surface area contributed by atoms with E-state index < -0.39 is 12.6 Å². The average molecular weight is 375 g/mol. The van der Waals surface area contributed by atoms with Crippen LogP contribution in [0.15, 0.2) is 48.5 Å². The molecule has 0 atom stereocenters. The molecule has 0 aliphatic carbocycles. The predicted octanol–water partition coefficient (Wildman–Crippen LogP) is 3.11. The van der Waals surface area contributed by atoms with Crippen LogP contribution in [0, 0.1) is 5.82 Å². The van der Waals surface area contributed by atoms with E-state index in [-0.39, 0.29) is 11.7 Å². The van der Waals surface area contributed by atoms with Crippen LogP contribution in [0.4, 0.5) is 4.39 Å². The summed E-state index contributed by atoms with van der Waals surface area (Å²) in [6, 6.07) is 12.7. The fourth-order valence-corrected chi connectivity index (χ4v) is 2.33. The number of amides is 1. The van der Waals surface area contributed by atoms with Crippen LogP contribution in [-0.2, 0) is 16.1 Å². The van der Waals surface area contributed by atoms with E-state index in [1.807, 2.05) is 0 Å². The van der Waals surface area contributed by atoms with E-state index in [4.69, 9.17) is 14.6 Å². The zero-order chi connectivity index (χ0) is 19.6. The number of hydrogen-bond acceptors (Lipinski definition) is 4. The van der Waals surface area contributed by atoms with Crippen LogP contribution in [0.25, 0.3) is 0 Å². The van der Waals surface area contributed by atoms with E-state index in [9.17, 15) is 14.0 Å². The van der Waals surface area contributed by atoms with Gasteiger partial charge in [-0.3, -0.25) is 4.79 Å². The molecule has 6 nitrogen and oxygen atoms in total. The van der Waals surface area contributed by atoms with Crippen molar-refractivity contribution in [2.24, 2.45) is 0 Å². The molecule has 7 heteroatoms. The molecule has 2 rings (SSSR count). The van der Waals surface area contributed by atoms with Gasteiger partial charge in [-0.2, -0.15) is 0 Å². The van der Waals surface area contributed by atoms with Gasteiger partial charge in [-0.05, 0) is 48.4 Å². The van der Waals surface area contributed by atoms with E-state index in [0.29, 0.717) is 37.5 Å². The number of ether oxygens (including phenoxy) is 2. The van der Waals surface area contributed by atoms with Gasteiger partial charge in [0.2, 0.25) is 5.91 Å². The lowest BCUT2D eigenvalue weighted by atomic mass is 10.2. The molecule has 0 unspecified atom stereocenters. The number of rotatable bonds is 10. The van der Waals surface area contributed by atoms with Crippen molar-refractivity contribution >= 4 is 11.9 Å². The summed E-state index contributed by atoms with van der Waals surface area (Å²) in [6.07, 6.45) is 0.903. The van der Waals surface area contributed by atoms with Gasteiger partial charge in [0, 0.05) is 20.0 Å². The van der Waals surface area contributed by atoms with Crippen molar-refractivity contribution in [2.45, 2.75) is 19.4 Å². The second-order valence-electron chi connectivity index (χ2n) is 5.98. The predicted molar refractivity (Wildman–Crippen MR) is 97.2 cm³/mol. The summed E-state index contributed by atoms with van der Waals surface area (Å²) >= 11 is 0. The topological polar surface area (TPSA) is 76.1 Å². The molecule has 0 radical (unpaired) electrons. The maximum absolute atomic E-state index is 12.8. The van der Waals surface area contributed by atoms with E-state index in [1.165, 1.54) is 12.1 Å². The molecule has 0 saturated heterocycles. The van der Waals surface area contributed by atoms with Gasteiger partial charge in [0.25, 0.3) is 0 Å². The second kappa shape index (κ2) is 10.2. The quantitative estimate of drug-likeness (QED) is 0.646. The van der Waals surface area contributed by atoms with Gasteiger partial charge in [-0.15, -0.1) is 0 Å². The zero-order valence-electron chi connectivity index (χ0n) is 15.1. The Bertz CT molecular complexity index is 746. The van der Waals surface area contributed by atoms with Crippen LogP contribution >= 0.6 is 0 Å². The van der Waals surface area contributed by atoms with Crippen LogP contribution in [0.3, 0.4) is 0 Å². The fraction of sp³-hybridized carbons (Fsp3) is 0.300. The van der Waals surface area contributed by atoms with Crippen LogP contribution < -0.4 is 9.47 Å². The van der Waals surface area contributed by atoms with Crippen LogP contribution in [-0.4, -0.2) is 42.1 Å². The van der Waals surface area contributed by atoms with Gasteiger partial charge < -0.3 is 19.5 Å². The van der Waals surface area contributed by atoms with Crippen molar-refractivity contribution in [3.05, 3.63) is 59.9 Å². The summed E-state index contributed by atoms with van der Waals surface area (Å²) in [5, 5.41) is 8.58. The summed E-state index contributed by atoms with van der Waals surface area (Å²) in [5.41, 5.74) is 0.913. The van der Waals surface area contributed by atoms with Crippen LogP contribution in [0.2, 0.25) is 0 Å². The Morgan fingerprint density at radius 3 is 2.22 bits per heavy atom. The minimum Gasteiger partial charge on any atom is -0.494 e. The van der Waals surface area contributed by atoms with E-state index in [1.54, 1.807) is 48.3 Å². The second-order valence-corrected chi connectivity index (χ2v) is 5.98. The van der Waals surface area contributed by atoms with E-state index in [2.05, 4.69) is 0 Å². The zero-order valence-corrected chi connectivity index (χ0v) is 15.1. The third-order valence-corrected chi connectivity index (χ3v) is 3.75. The first-order valence-electron chi connectivity index (χ1n) is 8.50. The molecule has 144 valence electrons. The molecular weight excluding hydrogens is 353 g/mol. The minimum absolute atomic E-state index is 0.0103.